The van der Waals surface area contributed by atoms with E-state index in [2.05, 4.69) is 4.98 Å². The van der Waals surface area contributed by atoms with E-state index in [-0.39, 0.29) is 5.69 Å². The lowest BCUT2D eigenvalue weighted by Gasteiger charge is -2.09. The van der Waals surface area contributed by atoms with Crippen LogP contribution in [0.1, 0.15) is 29.5 Å². The summed E-state index contributed by atoms with van der Waals surface area (Å²) in [6, 6.07) is 7.23. The fraction of sp³-hybridized carbons (Fsp3) is 0.267. The van der Waals surface area contributed by atoms with Crippen molar-refractivity contribution in [3.63, 3.8) is 0 Å². The van der Waals surface area contributed by atoms with Crippen LogP contribution in [-0.4, -0.2) is 20.6 Å². The largest absolute Gasteiger partial charge is 0.481 e. The number of aryl methyl sites for hydroxylation is 1. The SMILES string of the molecule is Cc1cnc(=O)n(Cc2ccc(C(C)C(=O)O)cc2)c1. The number of carboxylic acid groups (broad SMARTS) is 1. The maximum Gasteiger partial charge on any atom is 0.347 e. The van der Waals surface area contributed by atoms with Gasteiger partial charge in [-0.2, -0.15) is 0 Å². The summed E-state index contributed by atoms with van der Waals surface area (Å²) >= 11 is 0. The van der Waals surface area contributed by atoms with Crippen molar-refractivity contribution in [2.24, 2.45) is 0 Å². The summed E-state index contributed by atoms with van der Waals surface area (Å²) < 4.78 is 1.53. The molecule has 0 aliphatic carbocycles. The van der Waals surface area contributed by atoms with Gasteiger partial charge in [-0.05, 0) is 30.5 Å². The molecule has 0 saturated heterocycles. The standard InChI is InChI=1S/C15H16N2O3/c1-10-7-16-15(20)17(8-10)9-12-3-5-13(6-4-12)11(2)14(18)19/h3-8,11H,9H2,1-2H3,(H,18,19). The highest BCUT2D eigenvalue weighted by atomic mass is 16.4. The van der Waals surface area contributed by atoms with Gasteiger partial charge >= 0.3 is 11.7 Å². The second kappa shape index (κ2) is 5.69. The van der Waals surface area contributed by atoms with E-state index in [1.807, 2.05) is 19.1 Å². The Morgan fingerprint density at radius 2 is 2.00 bits per heavy atom. The van der Waals surface area contributed by atoms with E-state index in [9.17, 15) is 9.59 Å². The first kappa shape index (κ1) is 14.0. The molecule has 2 rings (SSSR count). The van der Waals surface area contributed by atoms with Crippen molar-refractivity contribution < 1.29 is 9.90 Å². The Morgan fingerprint density at radius 1 is 1.35 bits per heavy atom. The van der Waals surface area contributed by atoms with Crippen molar-refractivity contribution in [1.29, 1.82) is 0 Å². The van der Waals surface area contributed by atoms with Crippen LogP contribution in [0.5, 0.6) is 0 Å². The molecule has 0 aliphatic heterocycles. The normalized spacial score (nSPS) is 12.1. The Kier molecular flexibility index (Phi) is 3.98. The van der Waals surface area contributed by atoms with Gasteiger partial charge in [-0.15, -0.1) is 0 Å². The lowest BCUT2D eigenvalue weighted by atomic mass is 10.00. The number of hydrogen-bond donors (Lipinski definition) is 1. The molecule has 0 bridgehead atoms. The van der Waals surface area contributed by atoms with Crippen molar-refractivity contribution in [1.82, 2.24) is 9.55 Å². The lowest BCUT2D eigenvalue weighted by molar-refractivity contribution is -0.138. The Morgan fingerprint density at radius 3 is 2.60 bits per heavy atom. The molecule has 5 nitrogen and oxygen atoms in total. The van der Waals surface area contributed by atoms with Crippen LogP contribution in [0.25, 0.3) is 0 Å². The Labute approximate surface area is 116 Å². The molecule has 1 unspecified atom stereocenters. The molecule has 1 atom stereocenters. The number of aromatic nitrogens is 2. The van der Waals surface area contributed by atoms with Crippen LogP contribution in [0, 0.1) is 6.92 Å². The fourth-order valence-electron chi connectivity index (χ4n) is 1.93. The van der Waals surface area contributed by atoms with Gasteiger partial charge in [-0.1, -0.05) is 24.3 Å². The Hall–Kier alpha value is -2.43. The van der Waals surface area contributed by atoms with Crippen molar-refractivity contribution in [3.8, 4) is 0 Å². The third kappa shape index (κ3) is 3.12. The number of rotatable bonds is 4. The third-order valence-electron chi connectivity index (χ3n) is 3.19. The molecule has 0 saturated carbocycles. The van der Waals surface area contributed by atoms with Gasteiger partial charge in [0.1, 0.15) is 0 Å². The first-order chi connectivity index (χ1) is 9.47. The maximum absolute atomic E-state index is 11.6. The summed E-state index contributed by atoms with van der Waals surface area (Å²) in [5.41, 5.74) is 2.30. The van der Waals surface area contributed by atoms with Crippen LogP contribution in [-0.2, 0) is 11.3 Å². The van der Waals surface area contributed by atoms with Crippen molar-refractivity contribution in [2.45, 2.75) is 26.3 Å². The number of nitrogens with zero attached hydrogens (tertiary/aromatic N) is 2. The lowest BCUT2D eigenvalue weighted by Crippen LogP contribution is -2.22. The molecule has 2 aromatic rings. The summed E-state index contributed by atoms with van der Waals surface area (Å²) in [4.78, 5) is 26.3. The van der Waals surface area contributed by atoms with Crippen molar-refractivity contribution in [3.05, 3.63) is 63.8 Å². The molecule has 0 fully saturated rings. The molecule has 1 heterocycles. The number of carbonyl (C=O) groups is 1. The predicted molar refractivity (Wildman–Crippen MR) is 74.8 cm³/mol. The smallest absolute Gasteiger partial charge is 0.347 e. The Bertz CT molecular complexity index is 674. The van der Waals surface area contributed by atoms with Crippen LogP contribution in [0.15, 0.2) is 41.5 Å². The number of benzene rings is 1. The van der Waals surface area contributed by atoms with E-state index in [0.29, 0.717) is 6.54 Å². The van der Waals surface area contributed by atoms with Crippen molar-refractivity contribution in [2.75, 3.05) is 0 Å². The molecular formula is C15H16N2O3. The van der Waals surface area contributed by atoms with Crippen LogP contribution in [0.2, 0.25) is 0 Å². The number of hydrogen-bond acceptors (Lipinski definition) is 3. The Balaban J connectivity index is 2.21. The van der Waals surface area contributed by atoms with Gasteiger partial charge in [0.2, 0.25) is 0 Å². The van der Waals surface area contributed by atoms with Gasteiger partial charge in [0.05, 0.1) is 12.5 Å². The zero-order valence-corrected chi connectivity index (χ0v) is 11.4. The number of aliphatic carboxylic acids is 1. The quantitative estimate of drug-likeness (QED) is 0.921. The summed E-state index contributed by atoms with van der Waals surface area (Å²) in [5.74, 6) is -1.38. The summed E-state index contributed by atoms with van der Waals surface area (Å²) in [5, 5.41) is 8.95. The summed E-state index contributed by atoms with van der Waals surface area (Å²) in [6.45, 7) is 3.95. The average Bonchev–Trinajstić information content (AvgIpc) is 2.43. The molecular weight excluding hydrogens is 256 g/mol. The van der Waals surface area contributed by atoms with Crippen LogP contribution in [0.3, 0.4) is 0 Å². The first-order valence-electron chi connectivity index (χ1n) is 6.32. The topological polar surface area (TPSA) is 72.2 Å². The van der Waals surface area contributed by atoms with Gasteiger partial charge < -0.3 is 5.11 Å². The zero-order valence-electron chi connectivity index (χ0n) is 11.4. The zero-order chi connectivity index (χ0) is 14.7. The third-order valence-corrected chi connectivity index (χ3v) is 3.19. The second-order valence-electron chi connectivity index (χ2n) is 4.84. The van der Waals surface area contributed by atoms with Gasteiger partial charge in [-0.25, -0.2) is 9.78 Å². The molecule has 5 heteroatoms. The van der Waals surface area contributed by atoms with Gasteiger partial charge in [0, 0.05) is 12.4 Å². The molecule has 0 amide bonds. The highest BCUT2D eigenvalue weighted by molar-refractivity contribution is 5.75. The van der Waals surface area contributed by atoms with Crippen LogP contribution >= 0.6 is 0 Å². The van der Waals surface area contributed by atoms with E-state index >= 15 is 0 Å². The minimum absolute atomic E-state index is 0.293. The van der Waals surface area contributed by atoms with Crippen molar-refractivity contribution >= 4 is 5.97 Å². The van der Waals surface area contributed by atoms with E-state index in [4.69, 9.17) is 5.11 Å². The highest BCUT2D eigenvalue weighted by Gasteiger charge is 2.13. The molecule has 1 aromatic heterocycles. The molecule has 0 radical (unpaired) electrons. The van der Waals surface area contributed by atoms with Crippen LogP contribution < -0.4 is 5.69 Å². The maximum atomic E-state index is 11.6. The van der Waals surface area contributed by atoms with Crippen LogP contribution in [0.4, 0.5) is 0 Å². The number of carboxylic acids is 1. The van der Waals surface area contributed by atoms with E-state index < -0.39 is 11.9 Å². The summed E-state index contributed by atoms with van der Waals surface area (Å²) in [7, 11) is 0. The minimum Gasteiger partial charge on any atom is -0.481 e. The summed E-state index contributed by atoms with van der Waals surface area (Å²) in [6.07, 6.45) is 3.29. The van der Waals surface area contributed by atoms with E-state index in [1.165, 1.54) is 10.8 Å². The molecule has 0 aliphatic rings. The molecule has 20 heavy (non-hydrogen) atoms. The van der Waals surface area contributed by atoms with Gasteiger partial charge in [0.25, 0.3) is 0 Å². The molecule has 104 valence electrons. The second-order valence-corrected chi connectivity index (χ2v) is 4.84. The average molecular weight is 272 g/mol. The van der Waals surface area contributed by atoms with E-state index in [1.54, 1.807) is 25.3 Å². The highest BCUT2D eigenvalue weighted by Crippen LogP contribution is 2.16. The van der Waals surface area contributed by atoms with E-state index in [0.717, 1.165) is 16.7 Å². The minimum atomic E-state index is -0.850. The molecule has 1 N–H and O–H groups in total. The predicted octanol–water partition coefficient (Wildman–Crippen LogP) is 1.79. The molecule has 1 aromatic carbocycles. The molecule has 0 spiro atoms. The van der Waals surface area contributed by atoms with Gasteiger partial charge in [0.15, 0.2) is 0 Å². The van der Waals surface area contributed by atoms with Gasteiger partial charge in [-0.3, -0.25) is 9.36 Å². The first-order valence-corrected chi connectivity index (χ1v) is 6.32. The fourth-order valence-corrected chi connectivity index (χ4v) is 1.93. The monoisotopic (exact) mass is 272 g/mol.